The molecule has 21 heavy (non-hydrogen) atoms. The fourth-order valence-corrected chi connectivity index (χ4v) is 3.57. The third kappa shape index (κ3) is 3.26. The number of nitrogens with two attached hydrogens (primary N) is 1. The van der Waals surface area contributed by atoms with Gasteiger partial charge in [0.25, 0.3) is 5.91 Å². The van der Waals surface area contributed by atoms with Gasteiger partial charge >= 0.3 is 0 Å². The van der Waals surface area contributed by atoms with Gasteiger partial charge < -0.3 is 5.32 Å². The maximum absolute atomic E-state index is 12.3. The number of aromatic nitrogens is 2. The van der Waals surface area contributed by atoms with Crippen LogP contribution in [0.25, 0.3) is 0 Å². The Morgan fingerprint density at radius 1 is 1.43 bits per heavy atom. The molecule has 8 heteroatoms. The minimum absolute atomic E-state index is 0.000552. The summed E-state index contributed by atoms with van der Waals surface area (Å²) in [5.74, 6) is 0.325. The topological polar surface area (TPSA) is 118 Å². The predicted octanol–water partition coefficient (Wildman–Crippen LogP) is 0.853. The fourth-order valence-electron chi connectivity index (χ4n) is 2.64. The summed E-state index contributed by atoms with van der Waals surface area (Å²) < 4.78 is 23.6. The SMILES string of the molecule is CC(CC1CC1)NC(=O)c1n[nH]c(C2CC2)c1S(N)(=O)=O. The molecule has 4 N–H and O–H groups in total. The number of carbonyl (C=O) groups is 1. The summed E-state index contributed by atoms with van der Waals surface area (Å²) in [5.41, 5.74) is 0.361. The normalized spacial score (nSPS) is 20.3. The lowest BCUT2D eigenvalue weighted by molar-refractivity contribution is 0.0929. The van der Waals surface area contributed by atoms with E-state index in [1.165, 1.54) is 12.8 Å². The second kappa shape index (κ2) is 5.10. The highest BCUT2D eigenvalue weighted by atomic mass is 32.2. The zero-order valence-corrected chi connectivity index (χ0v) is 12.7. The molecular weight excluding hydrogens is 292 g/mol. The van der Waals surface area contributed by atoms with Gasteiger partial charge in [-0.05, 0) is 32.1 Å². The molecule has 1 aromatic rings. The lowest BCUT2D eigenvalue weighted by Crippen LogP contribution is -2.34. The van der Waals surface area contributed by atoms with Crippen LogP contribution in [-0.4, -0.2) is 30.6 Å². The zero-order chi connectivity index (χ0) is 15.2. The number of hydrogen-bond donors (Lipinski definition) is 3. The van der Waals surface area contributed by atoms with Crippen LogP contribution in [0.2, 0.25) is 0 Å². The maximum atomic E-state index is 12.3. The Morgan fingerprint density at radius 3 is 2.62 bits per heavy atom. The van der Waals surface area contributed by atoms with E-state index >= 15 is 0 Å². The Morgan fingerprint density at radius 2 is 2.10 bits per heavy atom. The van der Waals surface area contributed by atoms with E-state index in [-0.39, 0.29) is 22.5 Å². The van der Waals surface area contributed by atoms with Gasteiger partial charge in [-0.15, -0.1) is 0 Å². The van der Waals surface area contributed by atoms with Crippen molar-refractivity contribution >= 4 is 15.9 Å². The number of H-pyrrole nitrogens is 1. The van der Waals surface area contributed by atoms with Crippen LogP contribution in [0.4, 0.5) is 0 Å². The summed E-state index contributed by atoms with van der Waals surface area (Å²) in [6, 6.07) is -0.000552. The Balaban J connectivity index is 1.81. The Labute approximate surface area is 123 Å². The molecule has 116 valence electrons. The monoisotopic (exact) mass is 312 g/mol. The average Bonchev–Trinajstić information content (AvgIpc) is 3.28. The molecule has 0 aliphatic heterocycles. The van der Waals surface area contributed by atoms with Crippen LogP contribution in [0.5, 0.6) is 0 Å². The highest BCUT2D eigenvalue weighted by Gasteiger charge is 2.36. The fraction of sp³-hybridized carbons (Fsp3) is 0.692. The van der Waals surface area contributed by atoms with Crippen molar-refractivity contribution in [1.29, 1.82) is 0 Å². The summed E-state index contributed by atoms with van der Waals surface area (Å²) >= 11 is 0. The number of hydrogen-bond acceptors (Lipinski definition) is 4. The molecule has 0 aromatic carbocycles. The molecule has 2 aliphatic rings. The van der Waals surface area contributed by atoms with Crippen molar-refractivity contribution < 1.29 is 13.2 Å². The van der Waals surface area contributed by atoms with E-state index in [0.717, 1.165) is 19.3 Å². The van der Waals surface area contributed by atoms with Crippen molar-refractivity contribution in [2.24, 2.45) is 11.1 Å². The van der Waals surface area contributed by atoms with E-state index in [2.05, 4.69) is 15.5 Å². The first-order valence-electron chi connectivity index (χ1n) is 7.28. The van der Waals surface area contributed by atoms with Crippen LogP contribution in [-0.2, 0) is 10.0 Å². The van der Waals surface area contributed by atoms with E-state index in [9.17, 15) is 13.2 Å². The number of aromatic amines is 1. The van der Waals surface area contributed by atoms with E-state index in [1.807, 2.05) is 6.92 Å². The van der Waals surface area contributed by atoms with Crippen molar-refractivity contribution in [3.8, 4) is 0 Å². The third-order valence-electron chi connectivity index (χ3n) is 3.99. The molecular formula is C13H20N4O3S. The van der Waals surface area contributed by atoms with Gasteiger partial charge in [0.2, 0.25) is 10.0 Å². The highest BCUT2D eigenvalue weighted by molar-refractivity contribution is 7.89. The first-order valence-corrected chi connectivity index (χ1v) is 8.83. The molecule has 0 bridgehead atoms. The molecule has 3 rings (SSSR count). The van der Waals surface area contributed by atoms with E-state index in [4.69, 9.17) is 5.14 Å². The van der Waals surface area contributed by atoms with Crippen molar-refractivity contribution in [3.63, 3.8) is 0 Å². The lowest BCUT2D eigenvalue weighted by atomic mass is 10.1. The molecule has 1 aromatic heterocycles. The molecule has 0 saturated heterocycles. The molecule has 0 spiro atoms. The van der Waals surface area contributed by atoms with Crippen molar-refractivity contribution in [2.75, 3.05) is 0 Å². The molecule has 1 unspecified atom stereocenters. The molecule has 1 amide bonds. The van der Waals surface area contributed by atoms with Gasteiger partial charge in [0, 0.05) is 12.0 Å². The number of carbonyl (C=O) groups excluding carboxylic acids is 1. The molecule has 1 atom stereocenters. The van der Waals surface area contributed by atoms with Gasteiger partial charge in [0.15, 0.2) is 5.69 Å². The van der Waals surface area contributed by atoms with E-state index < -0.39 is 15.9 Å². The standard InChI is InChI=1S/C13H20N4O3S/c1-7(6-8-2-3-8)15-13(18)11-12(21(14,19)20)10(16-17-11)9-4-5-9/h7-9H,2-6H2,1H3,(H,15,18)(H,16,17)(H2,14,19,20). The Bertz CT molecular complexity index is 659. The van der Waals surface area contributed by atoms with Crippen LogP contribution in [0.1, 0.15) is 61.1 Å². The van der Waals surface area contributed by atoms with Crippen molar-refractivity contribution in [2.45, 2.75) is 55.9 Å². The van der Waals surface area contributed by atoms with Gasteiger partial charge in [-0.2, -0.15) is 5.10 Å². The number of sulfonamides is 1. The summed E-state index contributed by atoms with van der Waals surface area (Å²) in [5, 5.41) is 14.6. The number of primary sulfonamides is 1. The first-order chi connectivity index (χ1) is 9.86. The molecule has 7 nitrogen and oxygen atoms in total. The van der Waals surface area contributed by atoms with Crippen molar-refractivity contribution in [1.82, 2.24) is 15.5 Å². The molecule has 0 radical (unpaired) electrons. The van der Waals surface area contributed by atoms with Crippen LogP contribution in [0.3, 0.4) is 0 Å². The quantitative estimate of drug-likeness (QED) is 0.721. The van der Waals surface area contributed by atoms with Crippen molar-refractivity contribution in [3.05, 3.63) is 11.4 Å². The van der Waals surface area contributed by atoms with Crippen LogP contribution >= 0.6 is 0 Å². The molecule has 2 aliphatic carbocycles. The van der Waals surface area contributed by atoms with Crippen LogP contribution in [0, 0.1) is 5.92 Å². The second-order valence-electron chi connectivity index (χ2n) is 6.19. The van der Waals surface area contributed by atoms with Gasteiger partial charge in [-0.1, -0.05) is 12.8 Å². The van der Waals surface area contributed by atoms with Gasteiger partial charge in [0.05, 0.1) is 5.69 Å². The van der Waals surface area contributed by atoms with E-state index in [1.54, 1.807) is 0 Å². The van der Waals surface area contributed by atoms with E-state index in [0.29, 0.717) is 11.6 Å². The summed E-state index contributed by atoms with van der Waals surface area (Å²) in [7, 11) is -3.97. The summed E-state index contributed by atoms with van der Waals surface area (Å²) in [4.78, 5) is 12.1. The average molecular weight is 312 g/mol. The lowest BCUT2D eigenvalue weighted by Gasteiger charge is -2.12. The number of amides is 1. The first kappa shape index (κ1) is 14.5. The molecule has 1 heterocycles. The minimum Gasteiger partial charge on any atom is -0.348 e. The smallest absolute Gasteiger partial charge is 0.273 e. The zero-order valence-electron chi connectivity index (χ0n) is 11.9. The van der Waals surface area contributed by atoms with Crippen LogP contribution < -0.4 is 10.5 Å². The third-order valence-corrected chi connectivity index (χ3v) is 4.98. The molecule has 2 saturated carbocycles. The number of nitrogens with one attached hydrogen (secondary N) is 2. The predicted molar refractivity (Wildman–Crippen MR) is 76.2 cm³/mol. The highest BCUT2D eigenvalue weighted by Crippen LogP contribution is 2.42. The van der Waals surface area contributed by atoms with Gasteiger partial charge in [0.1, 0.15) is 4.90 Å². The number of rotatable bonds is 6. The minimum atomic E-state index is -3.97. The molecule has 2 fully saturated rings. The second-order valence-corrected chi connectivity index (χ2v) is 7.69. The number of nitrogens with zero attached hydrogens (tertiary/aromatic N) is 1. The Hall–Kier alpha value is -1.41. The maximum Gasteiger partial charge on any atom is 0.273 e. The largest absolute Gasteiger partial charge is 0.348 e. The van der Waals surface area contributed by atoms with Gasteiger partial charge in [-0.3, -0.25) is 9.89 Å². The summed E-state index contributed by atoms with van der Waals surface area (Å²) in [6.07, 6.45) is 5.11. The van der Waals surface area contributed by atoms with Crippen LogP contribution in [0.15, 0.2) is 4.90 Å². The van der Waals surface area contributed by atoms with Gasteiger partial charge in [-0.25, -0.2) is 13.6 Å². The summed E-state index contributed by atoms with van der Waals surface area (Å²) in [6.45, 7) is 1.92. The Kier molecular flexibility index (Phi) is 3.53.